The van der Waals surface area contributed by atoms with E-state index in [1.54, 1.807) is 0 Å². The molecule has 1 heteroatoms. The van der Waals surface area contributed by atoms with Gasteiger partial charge in [-0.3, -0.25) is 0 Å². The Morgan fingerprint density at radius 2 is 1.45 bits per heavy atom. The van der Waals surface area contributed by atoms with Crippen LogP contribution >= 0.6 is 0 Å². The standard InChI is InChI=1S/C19H33N/c1-8-16-9-11-17(12-10-16)13-19(7,15(2)3)14-20-18(4,5)6/h9-12,15,20H,8,13-14H2,1-7H3. The molecule has 1 rings (SSSR count). The fourth-order valence-electron chi connectivity index (χ4n) is 2.30. The molecule has 0 aliphatic heterocycles. The molecule has 20 heavy (non-hydrogen) atoms. The highest BCUT2D eigenvalue weighted by molar-refractivity contribution is 5.23. The molecule has 0 aliphatic rings. The van der Waals surface area contributed by atoms with Gasteiger partial charge in [-0.05, 0) is 56.1 Å². The van der Waals surface area contributed by atoms with Crippen LogP contribution in [0.15, 0.2) is 24.3 Å². The van der Waals surface area contributed by atoms with Crippen molar-refractivity contribution in [2.45, 2.75) is 66.8 Å². The van der Waals surface area contributed by atoms with E-state index in [1.807, 2.05) is 0 Å². The second kappa shape index (κ2) is 6.76. The Morgan fingerprint density at radius 1 is 0.950 bits per heavy atom. The Labute approximate surface area is 126 Å². The molecule has 0 amide bonds. The topological polar surface area (TPSA) is 12.0 Å². The van der Waals surface area contributed by atoms with E-state index in [0.717, 1.165) is 19.4 Å². The van der Waals surface area contributed by atoms with Gasteiger partial charge in [-0.25, -0.2) is 0 Å². The maximum atomic E-state index is 3.69. The van der Waals surface area contributed by atoms with Crippen molar-refractivity contribution in [3.8, 4) is 0 Å². The molecule has 1 atom stereocenters. The lowest BCUT2D eigenvalue weighted by atomic mass is 9.74. The zero-order valence-electron chi connectivity index (χ0n) is 14.5. The molecule has 0 radical (unpaired) electrons. The van der Waals surface area contributed by atoms with Gasteiger partial charge in [0.05, 0.1) is 0 Å². The predicted octanol–water partition coefficient (Wildman–Crippen LogP) is 4.84. The lowest BCUT2D eigenvalue weighted by molar-refractivity contribution is 0.188. The molecule has 0 fully saturated rings. The highest BCUT2D eigenvalue weighted by Gasteiger charge is 2.29. The molecule has 0 bridgehead atoms. The molecular weight excluding hydrogens is 242 g/mol. The number of rotatable bonds is 6. The largest absolute Gasteiger partial charge is 0.312 e. The Kier molecular flexibility index (Phi) is 5.82. The second-order valence-corrected chi connectivity index (χ2v) is 7.76. The summed E-state index contributed by atoms with van der Waals surface area (Å²) in [5.41, 5.74) is 3.35. The van der Waals surface area contributed by atoms with Crippen LogP contribution in [0.3, 0.4) is 0 Å². The van der Waals surface area contributed by atoms with Gasteiger partial charge in [0.25, 0.3) is 0 Å². The number of benzene rings is 1. The van der Waals surface area contributed by atoms with Gasteiger partial charge in [0.1, 0.15) is 0 Å². The minimum atomic E-state index is 0.183. The van der Waals surface area contributed by atoms with E-state index >= 15 is 0 Å². The molecule has 1 unspecified atom stereocenters. The summed E-state index contributed by atoms with van der Waals surface area (Å²) in [5, 5.41) is 3.69. The molecular formula is C19H33N. The predicted molar refractivity (Wildman–Crippen MR) is 90.2 cm³/mol. The van der Waals surface area contributed by atoms with Crippen LogP contribution in [0.25, 0.3) is 0 Å². The molecule has 0 heterocycles. The van der Waals surface area contributed by atoms with Crippen molar-refractivity contribution in [3.05, 3.63) is 35.4 Å². The summed E-state index contributed by atoms with van der Waals surface area (Å²) in [5.74, 6) is 0.656. The van der Waals surface area contributed by atoms with Gasteiger partial charge in [0.2, 0.25) is 0 Å². The van der Waals surface area contributed by atoms with Crippen LogP contribution in [0.1, 0.15) is 59.6 Å². The fraction of sp³-hybridized carbons (Fsp3) is 0.684. The Bertz CT molecular complexity index is 397. The lowest BCUT2D eigenvalue weighted by Crippen LogP contribution is -2.45. The van der Waals surface area contributed by atoms with Crippen LogP contribution < -0.4 is 5.32 Å². The molecule has 1 aromatic carbocycles. The van der Waals surface area contributed by atoms with E-state index in [9.17, 15) is 0 Å². The zero-order chi connectivity index (χ0) is 15.4. The first-order valence-electron chi connectivity index (χ1n) is 7.99. The van der Waals surface area contributed by atoms with Gasteiger partial charge in [0.15, 0.2) is 0 Å². The fourth-order valence-corrected chi connectivity index (χ4v) is 2.30. The Morgan fingerprint density at radius 3 is 1.85 bits per heavy atom. The van der Waals surface area contributed by atoms with E-state index < -0.39 is 0 Å². The lowest BCUT2D eigenvalue weighted by Gasteiger charge is -2.37. The van der Waals surface area contributed by atoms with Gasteiger partial charge in [0, 0.05) is 12.1 Å². The normalized spacial score (nSPS) is 15.4. The zero-order valence-corrected chi connectivity index (χ0v) is 14.5. The minimum absolute atomic E-state index is 0.183. The van der Waals surface area contributed by atoms with E-state index in [-0.39, 0.29) is 5.54 Å². The molecule has 0 saturated carbocycles. The third kappa shape index (κ3) is 5.28. The van der Waals surface area contributed by atoms with Crippen LogP contribution in [-0.4, -0.2) is 12.1 Å². The first-order valence-corrected chi connectivity index (χ1v) is 7.99. The van der Waals surface area contributed by atoms with Crippen LogP contribution in [0.5, 0.6) is 0 Å². The van der Waals surface area contributed by atoms with Crippen LogP contribution in [0.2, 0.25) is 0 Å². The summed E-state index contributed by atoms with van der Waals surface area (Å²) in [6, 6.07) is 9.15. The molecule has 114 valence electrons. The van der Waals surface area contributed by atoms with E-state index in [2.05, 4.69) is 78.0 Å². The van der Waals surface area contributed by atoms with Crippen LogP contribution in [0.4, 0.5) is 0 Å². The van der Waals surface area contributed by atoms with E-state index in [4.69, 9.17) is 0 Å². The SMILES string of the molecule is CCc1ccc(CC(C)(CNC(C)(C)C)C(C)C)cc1. The quantitative estimate of drug-likeness (QED) is 0.783. The monoisotopic (exact) mass is 275 g/mol. The maximum absolute atomic E-state index is 3.69. The van der Waals surface area contributed by atoms with Gasteiger partial charge < -0.3 is 5.32 Å². The van der Waals surface area contributed by atoms with Gasteiger partial charge in [-0.15, -0.1) is 0 Å². The van der Waals surface area contributed by atoms with Crippen molar-refractivity contribution in [3.63, 3.8) is 0 Å². The summed E-state index contributed by atoms with van der Waals surface area (Å²) >= 11 is 0. The van der Waals surface area contributed by atoms with Crippen molar-refractivity contribution in [2.75, 3.05) is 6.54 Å². The number of hydrogen-bond acceptors (Lipinski definition) is 1. The third-order valence-electron chi connectivity index (χ3n) is 4.46. The third-order valence-corrected chi connectivity index (χ3v) is 4.46. The number of nitrogens with one attached hydrogen (secondary N) is 1. The summed E-state index contributed by atoms with van der Waals surface area (Å²) in [6.07, 6.45) is 2.26. The molecule has 0 spiro atoms. The van der Waals surface area contributed by atoms with Gasteiger partial charge >= 0.3 is 0 Å². The highest BCUT2D eigenvalue weighted by atomic mass is 15.0. The maximum Gasteiger partial charge on any atom is 0.00967 e. The summed E-state index contributed by atoms with van der Waals surface area (Å²) in [6.45, 7) is 17.1. The van der Waals surface area contributed by atoms with Crippen LogP contribution in [0, 0.1) is 11.3 Å². The summed E-state index contributed by atoms with van der Waals surface area (Å²) < 4.78 is 0. The Balaban J connectivity index is 2.79. The van der Waals surface area contributed by atoms with Crippen molar-refractivity contribution >= 4 is 0 Å². The van der Waals surface area contributed by atoms with Crippen LogP contribution in [-0.2, 0) is 12.8 Å². The van der Waals surface area contributed by atoms with E-state index in [1.165, 1.54) is 11.1 Å². The molecule has 0 saturated heterocycles. The number of hydrogen-bond donors (Lipinski definition) is 1. The molecule has 0 aromatic heterocycles. The van der Waals surface area contributed by atoms with Gasteiger partial charge in [-0.2, -0.15) is 0 Å². The number of aryl methyl sites for hydroxylation is 1. The molecule has 1 N–H and O–H groups in total. The first kappa shape index (κ1) is 17.2. The summed E-state index contributed by atoms with van der Waals surface area (Å²) in [4.78, 5) is 0. The van der Waals surface area contributed by atoms with Gasteiger partial charge in [-0.1, -0.05) is 52.0 Å². The molecule has 1 nitrogen and oxygen atoms in total. The van der Waals surface area contributed by atoms with Crippen molar-refractivity contribution in [1.82, 2.24) is 5.32 Å². The van der Waals surface area contributed by atoms with Crippen molar-refractivity contribution in [1.29, 1.82) is 0 Å². The minimum Gasteiger partial charge on any atom is -0.312 e. The van der Waals surface area contributed by atoms with Crippen molar-refractivity contribution in [2.24, 2.45) is 11.3 Å². The first-order chi connectivity index (χ1) is 9.16. The smallest absolute Gasteiger partial charge is 0.00967 e. The average molecular weight is 275 g/mol. The van der Waals surface area contributed by atoms with E-state index in [0.29, 0.717) is 11.3 Å². The highest BCUT2D eigenvalue weighted by Crippen LogP contribution is 2.31. The second-order valence-electron chi connectivity index (χ2n) is 7.76. The van der Waals surface area contributed by atoms with Crippen molar-refractivity contribution < 1.29 is 0 Å². The molecule has 1 aromatic rings. The summed E-state index contributed by atoms with van der Waals surface area (Å²) in [7, 11) is 0. The molecule has 0 aliphatic carbocycles. The average Bonchev–Trinajstić information content (AvgIpc) is 2.36. The Hall–Kier alpha value is -0.820.